The highest BCUT2D eigenvalue weighted by atomic mass is 79.9. The standard InChI is InChI=1S/C15H15BrN2OS/c1-9(2)18-14(12(16)7-17-18)15(19)11-8-20-13-6-4-3-5-10(11)13/h3-9,15,19H,1-2H3. The number of aliphatic hydroxyl groups is 1. The molecule has 5 heteroatoms. The fourth-order valence-electron chi connectivity index (χ4n) is 2.38. The molecule has 1 atom stereocenters. The third-order valence-corrected chi connectivity index (χ3v) is 4.93. The van der Waals surface area contributed by atoms with E-state index in [1.165, 1.54) is 4.70 Å². The van der Waals surface area contributed by atoms with Crippen molar-refractivity contribution >= 4 is 37.4 Å². The molecule has 20 heavy (non-hydrogen) atoms. The SMILES string of the molecule is CC(C)n1ncc(Br)c1C(O)c1csc2ccccc12. The summed E-state index contributed by atoms with van der Waals surface area (Å²) in [6, 6.07) is 8.35. The van der Waals surface area contributed by atoms with Crippen molar-refractivity contribution in [3.05, 3.63) is 51.6 Å². The number of halogens is 1. The molecule has 0 spiro atoms. The fraction of sp³-hybridized carbons (Fsp3) is 0.267. The first-order valence-electron chi connectivity index (χ1n) is 6.46. The Morgan fingerprint density at radius 1 is 1.30 bits per heavy atom. The average molecular weight is 351 g/mol. The van der Waals surface area contributed by atoms with Gasteiger partial charge < -0.3 is 5.11 Å². The lowest BCUT2D eigenvalue weighted by Crippen LogP contribution is -2.12. The van der Waals surface area contributed by atoms with E-state index in [2.05, 4.69) is 40.9 Å². The molecule has 0 amide bonds. The Morgan fingerprint density at radius 2 is 2.05 bits per heavy atom. The van der Waals surface area contributed by atoms with Crippen LogP contribution in [0.1, 0.15) is 37.3 Å². The van der Waals surface area contributed by atoms with Crippen LogP contribution in [0.15, 0.2) is 40.3 Å². The highest BCUT2D eigenvalue weighted by molar-refractivity contribution is 9.10. The van der Waals surface area contributed by atoms with Crippen LogP contribution in [0.2, 0.25) is 0 Å². The molecule has 0 aliphatic heterocycles. The van der Waals surface area contributed by atoms with Crippen molar-refractivity contribution in [1.29, 1.82) is 0 Å². The van der Waals surface area contributed by atoms with E-state index >= 15 is 0 Å². The maximum Gasteiger partial charge on any atom is 0.123 e. The molecule has 0 saturated carbocycles. The molecule has 3 nitrogen and oxygen atoms in total. The van der Waals surface area contributed by atoms with Crippen LogP contribution in [-0.2, 0) is 0 Å². The maximum absolute atomic E-state index is 10.8. The molecule has 2 aromatic heterocycles. The quantitative estimate of drug-likeness (QED) is 0.753. The summed E-state index contributed by atoms with van der Waals surface area (Å²) in [6.07, 6.45) is 1.07. The van der Waals surface area contributed by atoms with Gasteiger partial charge in [0.15, 0.2) is 0 Å². The van der Waals surface area contributed by atoms with Crippen LogP contribution < -0.4 is 0 Å². The Morgan fingerprint density at radius 3 is 2.80 bits per heavy atom. The summed E-state index contributed by atoms with van der Waals surface area (Å²) in [4.78, 5) is 0. The predicted molar refractivity (Wildman–Crippen MR) is 86.2 cm³/mol. The van der Waals surface area contributed by atoms with E-state index in [1.807, 2.05) is 28.3 Å². The molecule has 0 radical (unpaired) electrons. The van der Waals surface area contributed by atoms with Gasteiger partial charge in [-0.3, -0.25) is 4.68 Å². The number of benzene rings is 1. The molecule has 0 saturated heterocycles. The first-order valence-corrected chi connectivity index (χ1v) is 8.14. The minimum atomic E-state index is -0.676. The summed E-state index contributed by atoms with van der Waals surface area (Å²) in [7, 11) is 0. The summed E-state index contributed by atoms with van der Waals surface area (Å²) in [6.45, 7) is 4.11. The van der Waals surface area contributed by atoms with Crippen LogP contribution in [-0.4, -0.2) is 14.9 Å². The van der Waals surface area contributed by atoms with Crippen molar-refractivity contribution in [2.24, 2.45) is 0 Å². The molecule has 1 N–H and O–H groups in total. The normalized spacial score (nSPS) is 13.2. The smallest absolute Gasteiger partial charge is 0.123 e. The molecule has 3 aromatic rings. The van der Waals surface area contributed by atoms with Crippen LogP contribution in [0.25, 0.3) is 10.1 Å². The molecule has 3 rings (SSSR count). The molecule has 0 aliphatic rings. The first-order chi connectivity index (χ1) is 9.59. The number of thiophene rings is 1. The summed E-state index contributed by atoms with van der Waals surface area (Å²) < 4.78 is 3.89. The zero-order chi connectivity index (χ0) is 14.3. The summed E-state index contributed by atoms with van der Waals surface area (Å²) in [5.41, 5.74) is 1.75. The van der Waals surface area contributed by atoms with E-state index in [4.69, 9.17) is 0 Å². The lowest BCUT2D eigenvalue weighted by atomic mass is 10.1. The highest BCUT2D eigenvalue weighted by Gasteiger charge is 2.23. The first kappa shape index (κ1) is 13.8. The average Bonchev–Trinajstić information content (AvgIpc) is 3.01. The number of fused-ring (bicyclic) bond motifs is 1. The molecule has 2 heterocycles. The summed E-state index contributed by atoms with van der Waals surface area (Å²) >= 11 is 5.15. The van der Waals surface area contributed by atoms with Crippen LogP contribution in [0, 0.1) is 0 Å². The van der Waals surface area contributed by atoms with Crippen LogP contribution in [0.5, 0.6) is 0 Å². The zero-order valence-corrected chi connectivity index (χ0v) is 13.6. The second-order valence-corrected chi connectivity index (χ2v) is 6.77. The topological polar surface area (TPSA) is 38.0 Å². The van der Waals surface area contributed by atoms with E-state index in [0.717, 1.165) is 21.1 Å². The van der Waals surface area contributed by atoms with E-state index in [1.54, 1.807) is 17.5 Å². The van der Waals surface area contributed by atoms with Crippen molar-refractivity contribution in [2.45, 2.75) is 26.0 Å². The van der Waals surface area contributed by atoms with E-state index in [-0.39, 0.29) is 6.04 Å². The molecule has 0 aliphatic carbocycles. The van der Waals surface area contributed by atoms with Gasteiger partial charge in [-0.15, -0.1) is 11.3 Å². The molecule has 104 valence electrons. The fourth-order valence-corrected chi connectivity index (χ4v) is 3.85. The largest absolute Gasteiger partial charge is 0.382 e. The molecular formula is C15H15BrN2OS. The minimum Gasteiger partial charge on any atom is -0.382 e. The zero-order valence-electron chi connectivity index (χ0n) is 11.2. The van der Waals surface area contributed by atoms with Gasteiger partial charge >= 0.3 is 0 Å². The maximum atomic E-state index is 10.8. The number of aromatic nitrogens is 2. The number of hydrogen-bond donors (Lipinski definition) is 1. The molecule has 1 aromatic carbocycles. The summed E-state index contributed by atoms with van der Waals surface area (Å²) in [5, 5.41) is 18.3. The van der Waals surface area contributed by atoms with Crippen molar-refractivity contribution in [1.82, 2.24) is 9.78 Å². The van der Waals surface area contributed by atoms with Crippen LogP contribution >= 0.6 is 27.3 Å². The molecular weight excluding hydrogens is 336 g/mol. The Labute approximate surface area is 130 Å². The van der Waals surface area contributed by atoms with Gasteiger partial charge in [0.05, 0.1) is 16.4 Å². The Bertz CT molecular complexity index is 747. The van der Waals surface area contributed by atoms with Crippen LogP contribution in [0.3, 0.4) is 0 Å². The monoisotopic (exact) mass is 350 g/mol. The second kappa shape index (κ2) is 5.31. The Kier molecular flexibility index (Phi) is 3.67. The Balaban J connectivity index is 2.13. The number of hydrogen-bond acceptors (Lipinski definition) is 3. The van der Waals surface area contributed by atoms with Gasteiger partial charge in [0.25, 0.3) is 0 Å². The van der Waals surface area contributed by atoms with Gasteiger partial charge in [0, 0.05) is 16.3 Å². The van der Waals surface area contributed by atoms with Crippen molar-refractivity contribution in [3.63, 3.8) is 0 Å². The van der Waals surface area contributed by atoms with Gasteiger partial charge in [-0.2, -0.15) is 5.10 Å². The molecule has 0 bridgehead atoms. The Hall–Kier alpha value is -1.17. The van der Waals surface area contributed by atoms with Gasteiger partial charge in [0.1, 0.15) is 6.10 Å². The van der Waals surface area contributed by atoms with Gasteiger partial charge in [-0.1, -0.05) is 18.2 Å². The summed E-state index contributed by atoms with van der Waals surface area (Å²) in [5.74, 6) is 0. The van der Waals surface area contributed by atoms with E-state index in [0.29, 0.717) is 0 Å². The van der Waals surface area contributed by atoms with Gasteiger partial charge in [-0.05, 0) is 46.6 Å². The van der Waals surface area contributed by atoms with E-state index < -0.39 is 6.10 Å². The van der Waals surface area contributed by atoms with Crippen LogP contribution in [0.4, 0.5) is 0 Å². The predicted octanol–water partition coefficient (Wildman–Crippen LogP) is 4.52. The van der Waals surface area contributed by atoms with Gasteiger partial charge in [0.2, 0.25) is 0 Å². The highest BCUT2D eigenvalue weighted by Crippen LogP contribution is 2.36. The van der Waals surface area contributed by atoms with Gasteiger partial charge in [-0.25, -0.2) is 0 Å². The molecule has 0 fully saturated rings. The van der Waals surface area contributed by atoms with Crippen molar-refractivity contribution in [3.8, 4) is 0 Å². The lowest BCUT2D eigenvalue weighted by Gasteiger charge is -2.16. The third-order valence-electron chi connectivity index (χ3n) is 3.34. The third kappa shape index (κ3) is 2.20. The number of nitrogens with zero attached hydrogens (tertiary/aromatic N) is 2. The lowest BCUT2D eigenvalue weighted by molar-refractivity contribution is 0.206. The second-order valence-electron chi connectivity index (χ2n) is 5.01. The minimum absolute atomic E-state index is 0.204. The van der Waals surface area contributed by atoms with E-state index in [9.17, 15) is 5.11 Å². The number of rotatable bonds is 3. The molecule has 1 unspecified atom stereocenters. The number of aliphatic hydroxyl groups excluding tert-OH is 1. The van der Waals surface area contributed by atoms with Crippen molar-refractivity contribution < 1.29 is 5.11 Å². The van der Waals surface area contributed by atoms with Crippen molar-refractivity contribution in [2.75, 3.05) is 0 Å².